The molecule has 2 saturated carbocycles. The van der Waals surface area contributed by atoms with Crippen molar-refractivity contribution in [1.82, 2.24) is 18.8 Å². The highest BCUT2D eigenvalue weighted by molar-refractivity contribution is 7.89. The minimum absolute atomic E-state index is 0.00373. The summed E-state index contributed by atoms with van der Waals surface area (Å²) in [5.41, 5.74) is -1.21. The van der Waals surface area contributed by atoms with Crippen molar-refractivity contribution in [3.8, 4) is 0 Å². The molecule has 1 amide bonds. The maximum absolute atomic E-state index is 13.4. The molecule has 1 saturated heterocycles. The lowest BCUT2D eigenvalue weighted by atomic mass is 10.1. The lowest BCUT2D eigenvalue weighted by Gasteiger charge is -2.39. The van der Waals surface area contributed by atoms with Crippen LogP contribution in [0.15, 0.2) is 45.1 Å². The van der Waals surface area contributed by atoms with E-state index in [9.17, 15) is 27.2 Å². The number of amides is 1. The van der Waals surface area contributed by atoms with Crippen LogP contribution in [-0.4, -0.2) is 47.0 Å². The lowest BCUT2D eigenvalue weighted by Crippen LogP contribution is -2.57. The number of sulfonamides is 1. The summed E-state index contributed by atoms with van der Waals surface area (Å²) in [4.78, 5) is 39.6. The topological polar surface area (TPSA) is 110 Å². The van der Waals surface area contributed by atoms with Crippen LogP contribution in [0.1, 0.15) is 38.6 Å². The highest BCUT2D eigenvalue weighted by Gasteiger charge is 2.41. The minimum atomic E-state index is -3.84. The van der Waals surface area contributed by atoms with E-state index in [-0.39, 0.29) is 23.4 Å². The van der Waals surface area contributed by atoms with Crippen LogP contribution in [0, 0.1) is 5.92 Å². The number of halogens is 1. The molecule has 2 aromatic rings. The molecule has 0 unspecified atom stereocenters. The maximum Gasteiger partial charge on any atom is 0.331 e. The minimum Gasteiger partial charge on any atom is -0.332 e. The summed E-state index contributed by atoms with van der Waals surface area (Å²) in [5.74, 6) is -1.64. The van der Waals surface area contributed by atoms with E-state index >= 15 is 0 Å². The van der Waals surface area contributed by atoms with Gasteiger partial charge in [0.1, 0.15) is 0 Å². The van der Waals surface area contributed by atoms with Gasteiger partial charge in [-0.15, -0.1) is 0 Å². The summed E-state index contributed by atoms with van der Waals surface area (Å²) in [7, 11) is -3.84. The second-order valence-electron chi connectivity index (χ2n) is 9.63. The molecule has 1 aromatic heterocycles. The predicted octanol–water partition coefficient (Wildman–Crippen LogP) is 1.27. The first-order valence-electron chi connectivity index (χ1n) is 11.0. The van der Waals surface area contributed by atoms with Gasteiger partial charge in [0.25, 0.3) is 11.5 Å². The molecule has 0 atom stereocenters. The Hall–Kier alpha value is -2.79. The number of likely N-dealkylation sites (tertiary alicyclic amines) is 1. The molecule has 0 radical (unpaired) electrons. The average Bonchev–Trinajstić information content (AvgIpc) is 3.64. The van der Waals surface area contributed by atoms with E-state index in [1.165, 1.54) is 27.7 Å². The molecule has 5 rings (SSSR count). The number of nitrogens with one attached hydrogen (secondary N) is 1. The largest absolute Gasteiger partial charge is 0.332 e. The van der Waals surface area contributed by atoms with Crippen LogP contribution in [0.2, 0.25) is 0 Å². The van der Waals surface area contributed by atoms with Crippen molar-refractivity contribution >= 4 is 26.8 Å². The molecule has 2 aliphatic carbocycles. The number of benzene rings is 1. The normalized spacial score (nSPS) is 20.0. The van der Waals surface area contributed by atoms with Crippen LogP contribution in [0.25, 0.3) is 10.9 Å². The van der Waals surface area contributed by atoms with Crippen molar-refractivity contribution < 1.29 is 17.6 Å². The molecule has 0 spiro atoms. The number of rotatable bonds is 7. The van der Waals surface area contributed by atoms with E-state index in [1.807, 2.05) is 6.92 Å². The molecule has 176 valence electrons. The van der Waals surface area contributed by atoms with Crippen LogP contribution in [0.4, 0.5) is 4.39 Å². The van der Waals surface area contributed by atoms with Gasteiger partial charge in [0, 0.05) is 25.2 Å². The second kappa shape index (κ2) is 7.36. The average molecular weight is 477 g/mol. The van der Waals surface area contributed by atoms with Crippen molar-refractivity contribution in [2.75, 3.05) is 13.1 Å². The molecule has 1 aromatic carbocycles. The van der Waals surface area contributed by atoms with Crippen LogP contribution >= 0.6 is 0 Å². The molecule has 1 aliphatic heterocycles. The fourth-order valence-corrected chi connectivity index (χ4v) is 5.72. The molecular weight excluding hydrogens is 451 g/mol. The number of hydrogen-bond donors (Lipinski definition) is 1. The van der Waals surface area contributed by atoms with Gasteiger partial charge in [-0.1, -0.05) is 6.58 Å². The summed E-state index contributed by atoms with van der Waals surface area (Å²) in [6.45, 7) is 5.25. The highest BCUT2D eigenvalue weighted by Crippen LogP contribution is 2.36. The summed E-state index contributed by atoms with van der Waals surface area (Å²) in [5, 5.41) is 0.124. The maximum atomic E-state index is 13.4. The van der Waals surface area contributed by atoms with Crippen LogP contribution in [0.5, 0.6) is 0 Å². The molecule has 3 fully saturated rings. The van der Waals surface area contributed by atoms with Crippen molar-refractivity contribution in [1.29, 1.82) is 0 Å². The van der Waals surface area contributed by atoms with Crippen molar-refractivity contribution in [3.63, 3.8) is 0 Å². The number of carbonyl (C=O) groups is 1. The number of nitrogens with zero attached hydrogens (tertiary/aromatic N) is 3. The first-order valence-corrected chi connectivity index (χ1v) is 12.4. The summed E-state index contributed by atoms with van der Waals surface area (Å²) in [6, 6.07) is 3.63. The van der Waals surface area contributed by atoms with Gasteiger partial charge >= 0.3 is 5.69 Å². The Bertz CT molecular complexity index is 1410. The van der Waals surface area contributed by atoms with Gasteiger partial charge in [-0.05, 0) is 56.7 Å². The number of hydrogen-bond acceptors (Lipinski definition) is 5. The third-order valence-corrected chi connectivity index (χ3v) is 8.36. The molecular formula is C22H25FN4O5S. The van der Waals surface area contributed by atoms with E-state index in [0.717, 1.165) is 30.3 Å². The van der Waals surface area contributed by atoms with Gasteiger partial charge in [0.2, 0.25) is 10.0 Å². The monoisotopic (exact) mass is 476 g/mol. The predicted molar refractivity (Wildman–Crippen MR) is 119 cm³/mol. The molecule has 1 N–H and O–H groups in total. The zero-order chi connectivity index (χ0) is 23.7. The number of aromatic nitrogens is 2. The third kappa shape index (κ3) is 3.93. The van der Waals surface area contributed by atoms with Crippen molar-refractivity contribution in [3.05, 3.63) is 51.4 Å². The Labute approximate surface area is 189 Å². The second-order valence-corrected chi connectivity index (χ2v) is 11.3. The Morgan fingerprint density at radius 1 is 1.24 bits per heavy atom. The van der Waals surface area contributed by atoms with Gasteiger partial charge < -0.3 is 4.90 Å². The standard InChI is InChI=1S/C22H25FN4O5S/c1-13(23)19(28)25-11-15(12-25)27-20(29)17-9-16(33(31,32)24-22(2)7-8-22)5-6-18(17)26(21(27)30)10-14-3-4-14/h5-6,9,14-15,24H,1,3-4,7-8,10-12H2,2H3. The molecule has 3 aliphatic rings. The van der Waals surface area contributed by atoms with E-state index < -0.39 is 44.6 Å². The van der Waals surface area contributed by atoms with Crippen LogP contribution in [-0.2, 0) is 21.4 Å². The van der Waals surface area contributed by atoms with Crippen molar-refractivity contribution in [2.45, 2.75) is 55.6 Å². The molecule has 9 nitrogen and oxygen atoms in total. The van der Waals surface area contributed by atoms with Gasteiger partial charge in [0.15, 0.2) is 5.83 Å². The van der Waals surface area contributed by atoms with E-state index in [4.69, 9.17) is 0 Å². The van der Waals surface area contributed by atoms with E-state index in [1.54, 1.807) is 0 Å². The zero-order valence-electron chi connectivity index (χ0n) is 18.2. The SMILES string of the molecule is C=C(F)C(=O)N1CC(n2c(=O)c3cc(S(=O)(=O)NC4(C)CC4)ccc3n(CC3CC3)c2=O)C1. The quantitative estimate of drug-likeness (QED) is 0.605. The first-order chi connectivity index (χ1) is 15.5. The van der Waals surface area contributed by atoms with E-state index in [0.29, 0.717) is 18.0 Å². The Morgan fingerprint density at radius 3 is 2.48 bits per heavy atom. The third-order valence-electron chi connectivity index (χ3n) is 6.72. The highest BCUT2D eigenvalue weighted by atomic mass is 32.2. The van der Waals surface area contributed by atoms with Gasteiger partial charge in [-0.3, -0.25) is 18.7 Å². The smallest absolute Gasteiger partial charge is 0.331 e. The number of carbonyl (C=O) groups excluding carboxylic acids is 1. The van der Waals surface area contributed by atoms with Crippen LogP contribution in [0.3, 0.4) is 0 Å². The molecule has 0 bridgehead atoms. The lowest BCUT2D eigenvalue weighted by molar-refractivity contribution is -0.134. The summed E-state index contributed by atoms with van der Waals surface area (Å²) in [6.07, 6.45) is 3.45. The molecule has 2 heterocycles. The van der Waals surface area contributed by atoms with Crippen molar-refractivity contribution in [2.24, 2.45) is 5.92 Å². The van der Waals surface area contributed by atoms with Crippen LogP contribution < -0.4 is 16.0 Å². The Kier molecular flexibility index (Phi) is 4.91. The Balaban J connectivity index is 1.60. The van der Waals surface area contributed by atoms with Gasteiger partial charge in [-0.2, -0.15) is 0 Å². The van der Waals surface area contributed by atoms with Gasteiger partial charge in [-0.25, -0.2) is 22.3 Å². The summed E-state index contributed by atoms with van der Waals surface area (Å²) < 4.78 is 44.2. The fourth-order valence-electron chi connectivity index (χ4n) is 4.22. The summed E-state index contributed by atoms with van der Waals surface area (Å²) >= 11 is 0. The van der Waals surface area contributed by atoms with Gasteiger partial charge in [0.05, 0.1) is 21.8 Å². The molecule has 33 heavy (non-hydrogen) atoms. The fraction of sp³-hybridized carbons (Fsp3) is 0.500. The van der Waals surface area contributed by atoms with E-state index in [2.05, 4.69) is 11.3 Å². The zero-order valence-corrected chi connectivity index (χ0v) is 19.0. The Morgan fingerprint density at radius 2 is 1.91 bits per heavy atom. The first kappa shape index (κ1) is 22.0. The number of fused-ring (bicyclic) bond motifs is 1. The molecule has 11 heteroatoms.